The molecule has 2 aromatic rings. The van der Waals surface area contributed by atoms with Gasteiger partial charge in [-0.15, -0.1) is 0 Å². The number of nitrogen functional groups attached to an aromatic ring is 1. The molecule has 8 atom stereocenters. The van der Waals surface area contributed by atoms with Crippen LogP contribution >= 0.6 is 35.2 Å². The van der Waals surface area contributed by atoms with Crippen LogP contribution in [-0.2, 0) is 50.7 Å². The van der Waals surface area contributed by atoms with Crippen molar-refractivity contribution in [3.8, 4) is 0 Å². The summed E-state index contributed by atoms with van der Waals surface area (Å²) in [4.78, 5) is 88.1. The number of nitrogens with two attached hydrogens (primary N) is 1. The molecule has 1 fully saturated rings. The van der Waals surface area contributed by atoms with E-state index in [2.05, 4.69) is 41.3 Å². The monoisotopic (exact) mass is 965 g/mol. The highest BCUT2D eigenvalue weighted by Gasteiger charge is 2.50. The van der Waals surface area contributed by atoms with Crippen LogP contribution in [0.4, 0.5) is 5.82 Å². The number of thioether (sulfide) groups is 1. The minimum Gasteiger partial charge on any atom is -0.393 e. The predicted molar refractivity (Wildman–Crippen MR) is 220 cm³/mol. The number of amides is 2. The molecule has 29 heteroatoms. The van der Waals surface area contributed by atoms with Crippen LogP contribution in [0, 0.1) is 5.41 Å². The number of phosphoric ester groups is 3. The summed E-state index contributed by atoms with van der Waals surface area (Å²) in [5.74, 6) is -1.22. The minimum absolute atomic E-state index is 0.0241. The van der Waals surface area contributed by atoms with E-state index >= 15 is 0 Å². The van der Waals surface area contributed by atoms with Crippen LogP contribution in [-0.4, -0.2) is 134 Å². The highest BCUT2D eigenvalue weighted by atomic mass is 32.2. The van der Waals surface area contributed by atoms with Crippen LogP contribution < -0.4 is 16.4 Å². The lowest BCUT2D eigenvalue weighted by atomic mass is 9.87. The Morgan fingerprint density at radius 1 is 0.968 bits per heavy atom. The van der Waals surface area contributed by atoms with Gasteiger partial charge in [-0.05, 0) is 6.42 Å². The number of nitrogens with one attached hydrogen (secondary N) is 2. The molecule has 0 bridgehead atoms. The van der Waals surface area contributed by atoms with Crippen molar-refractivity contribution in [3.05, 3.63) is 12.7 Å². The predicted octanol–water partition coefficient (Wildman–Crippen LogP) is 1.56. The van der Waals surface area contributed by atoms with Gasteiger partial charge in [0.15, 0.2) is 22.8 Å². The topological polar surface area (TPSA) is 384 Å². The normalized spacial score (nSPS) is 21.3. The number of fused-ring (bicyclic) bond motifs is 1. The number of unbranched alkanes of at least 4 members (excludes halogenated alkanes) is 6. The highest BCUT2D eigenvalue weighted by molar-refractivity contribution is 8.13. The number of anilines is 1. The molecule has 62 heavy (non-hydrogen) atoms. The number of nitrogens with zero attached hydrogens (tertiary/aromatic N) is 4. The zero-order chi connectivity index (χ0) is 46.3. The second kappa shape index (κ2) is 24.7. The molecule has 3 rings (SSSR count). The maximum absolute atomic E-state index is 12.7. The van der Waals surface area contributed by atoms with Gasteiger partial charge in [-0.3, -0.25) is 32.5 Å². The smallest absolute Gasteiger partial charge is 0.393 e. The van der Waals surface area contributed by atoms with E-state index in [-0.39, 0.29) is 53.8 Å². The van der Waals surface area contributed by atoms with E-state index < -0.39 is 90.7 Å². The fraction of sp³-hybridized carbons (Fsp3) is 0.758. The Bertz CT molecular complexity index is 1920. The second-order valence-corrected chi connectivity index (χ2v) is 20.4. The molecule has 354 valence electrons. The van der Waals surface area contributed by atoms with Gasteiger partial charge >= 0.3 is 23.5 Å². The molecular weight excluding hydrogens is 907 g/mol. The Labute approximate surface area is 361 Å². The number of aromatic nitrogens is 4. The Kier molecular flexibility index (Phi) is 21.5. The Balaban J connectivity index is 1.39. The average molecular weight is 966 g/mol. The zero-order valence-corrected chi connectivity index (χ0v) is 38.0. The number of hydrogen-bond acceptors (Lipinski definition) is 19. The maximum Gasteiger partial charge on any atom is 0.481 e. The Morgan fingerprint density at radius 3 is 2.31 bits per heavy atom. The van der Waals surface area contributed by atoms with Crippen LogP contribution in [0.1, 0.15) is 91.2 Å². The molecule has 0 radical (unpaired) electrons. The van der Waals surface area contributed by atoms with Gasteiger partial charge < -0.3 is 56.0 Å². The van der Waals surface area contributed by atoms with Crippen molar-refractivity contribution in [2.75, 3.05) is 37.8 Å². The number of rotatable bonds is 29. The van der Waals surface area contributed by atoms with E-state index in [1.807, 2.05) is 0 Å². The Morgan fingerprint density at radius 2 is 1.63 bits per heavy atom. The molecule has 2 aromatic heterocycles. The lowest BCUT2D eigenvalue weighted by molar-refractivity contribution is -0.137. The first-order valence-electron chi connectivity index (χ1n) is 19.7. The molecule has 0 aromatic carbocycles. The molecular formula is C33H58N7O18P3S. The van der Waals surface area contributed by atoms with Gasteiger partial charge in [0.05, 0.1) is 25.6 Å². The van der Waals surface area contributed by atoms with Crippen molar-refractivity contribution in [3.63, 3.8) is 0 Å². The SMILES string of the molecule is CCCCCCCCC[C@H](O)CC(=O)SCCNC(=O)CCNC(=O)C(O)C(C)(C)COP(=O)(O)OP(=O)(O)OC[C@H]1O[C@@H](n2cnc3c(N)ncnc32)[C@H](O)[C@H]1OP(=O)(O)O. The van der Waals surface area contributed by atoms with Crippen LogP contribution in [0.2, 0.25) is 0 Å². The average Bonchev–Trinajstić information content (AvgIpc) is 3.74. The lowest BCUT2D eigenvalue weighted by Gasteiger charge is -2.30. The quantitative estimate of drug-likeness (QED) is 0.0408. The van der Waals surface area contributed by atoms with Crippen molar-refractivity contribution in [2.24, 2.45) is 5.41 Å². The van der Waals surface area contributed by atoms with E-state index in [0.29, 0.717) is 6.42 Å². The van der Waals surface area contributed by atoms with E-state index in [0.717, 1.165) is 48.2 Å². The zero-order valence-electron chi connectivity index (χ0n) is 34.5. The first kappa shape index (κ1) is 53.9. The van der Waals surface area contributed by atoms with Gasteiger partial charge in [0, 0.05) is 37.1 Å². The number of carbonyl (C=O) groups excluding carboxylic acids is 3. The number of aliphatic hydroxyl groups is 3. The third-order valence-electron chi connectivity index (χ3n) is 9.31. The van der Waals surface area contributed by atoms with Crippen LogP contribution in [0.25, 0.3) is 11.2 Å². The van der Waals surface area contributed by atoms with E-state index in [1.54, 1.807) is 0 Å². The third-order valence-corrected chi connectivity index (χ3v) is 13.3. The standard InChI is InChI=1S/C33H58N7O18P3S/c1-4-5-6-7-8-9-10-11-21(41)16-24(43)62-15-14-35-23(42)12-13-36-31(46)28(45)33(2,3)18-55-61(52,53)58-60(50,51)54-17-22-27(57-59(47,48)49)26(44)32(56-22)40-20-39-25-29(34)37-19-38-30(25)40/h19-22,26-28,32,41,44-45H,4-18H2,1-3H3,(H,35,42)(H,36,46)(H,50,51)(H,52,53)(H2,34,37,38)(H2,47,48,49)/t21-,22+,26+,27-,28?,32+/m0/s1. The van der Waals surface area contributed by atoms with Gasteiger partial charge in [0.2, 0.25) is 11.8 Å². The molecule has 3 heterocycles. The van der Waals surface area contributed by atoms with Crippen molar-refractivity contribution in [2.45, 2.75) is 122 Å². The number of phosphoric acid groups is 3. The fourth-order valence-electron chi connectivity index (χ4n) is 5.99. The molecule has 1 aliphatic rings. The molecule has 0 aliphatic carbocycles. The number of carbonyl (C=O) groups is 3. The molecule has 1 aliphatic heterocycles. The Hall–Kier alpha value is -2.48. The summed E-state index contributed by atoms with van der Waals surface area (Å²) in [5.41, 5.74) is 4.25. The van der Waals surface area contributed by atoms with Gasteiger partial charge in [-0.2, -0.15) is 4.31 Å². The fourth-order valence-corrected chi connectivity index (χ4v) is 9.56. The number of imidazole rings is 1. The summed E-state index contributed by atoms with van der Waals surface area (Å²) in [6.07, 6.45) is 0.648. The van der Waals surface area contributed by atoms with Crippen LogP contribution in [0.5, 0.6) is 0 Å². The van der Waals surface area contributed by atoms with E-state index in [4.69, 9.17) is 19.5 Å². The van der Waals surface area contributed by atoms with Crippen LogP contribution in [0.15, 0.2) is 12.7 Å². The van der Waals surface area contributed by atoms with Crippen molar-refractivity contribution < 1.29 is 85.6 Å². The number of aliphatic hydroxyl groups excluding tert-OH is 3. The molecule has 25 nitrogen and oxygen atoms in total. The second-order valence-electron chi connectivity index (χ2n) is 15.1. The first-order chi connectivity index (χ1) is 28.9. The van der Waals surface area contributed by atoms with Gasteiger partial charge in [-0.1, -0.05) is 77.5 Å². The molecule has 0 saturated carbocycles. The third kappa shape index (κ3) is 18.2. The lowest BCUT2D eigenvalue weighted by Crippen LogP contribution is -2.46. The van der Waals surface area contributed by atoms with Crippen molar-refractivity contribution >= 4 is 69.1 Å². The van der Waals surface area contributed by atoms with Crippen LogP contribution in [0.3, 0.4) is 0 Å². The molecule has 3 unspecified atom stereocenters. The molecule has 2 amide bonds. The van der Waals surface area contributed by atoms with Gasteiger partial charge in [0.1, 0.15) is 36.3 Å². The van der Waals surface area contributed by atoms with Crippen molar-refractivity contribution in [1.82, 2.24) is 30.2 Å². The summed E-state index contributed by atoms with van der Waals surface area (Å²) in [7, 11) is -16.4. The minimum atomic E-state index is -5.58. The first-order valence-corrected chi connectivity index (χ1v) is 25.2. The molecule has 11 N–H and O–H groups in total. The largest absolute Gasteiger partial charge is 0.481 e. The van der Waals surface area contributed by atoms with Gasteiger partial charge in [-0.25, -0.2) is 28.6 Å². The summed E-state index contributed by atoms with van der Waals surface area (Å²) in [5, 5.41) is 36.4. The van der Waals surface area contributed by atoms with E-state index in [1.165, 1.54) is 39.5 Å². The summed E-state index contributed by atoms with van der Waals surface area (Å²) < 4.78 is 62.3. The summed E-state index contributed by atoms with van der Waals surface area (Å²) >= 11 is 0.991. The van der Waals surface area contributed by atoms with Gasteiger partial charge in [0.25, 0.3) is 0 Å². The number of ether oxygens (including phenoxy) is 1. The summed E-state index contributed by atoms with van der Waals surface area (Å²) in [6, 6.07) is 0. The maximum atomic E-state index is 12.7. The van der Waals surface area contributed by atoms with E-state index in [9.17, 15) is 63.0 Å². The summed E-state index contributed by atoms with van der Waals surface area (Å²) in [6.45, 7) is 2.55. The number of hydrogen-bond donors (Lipinski definition) is 10. The van der Waals surface area contributed by atoms with Crippen molar-refractivity contribution in [1.29, 1.82) is 0 Å². The molecule has 0 spiro atoms. The molecule has 1 saturated heterocycles. The highest BCUT2D eigenvalue weighted by Crippen LogP contribution is 2.61.